The van der Waals surface area contributed by atoms with Gasteiger partial charge in [-0.05, 0) is 85.3 Å². The molecule has 2 fully saturated rings. The van der Waals surface area contributed by atoms with Crippen LogP contribution in [0.2, 0.25) is 0 Å². The Balaban J connectivity index is 1.82. The lowest BCUT2D eigenvalue weighted by atomic mass is 9.76. The zero-order valence-corrected chi connectivity index (χ0v) is 20.7. The highest BCUT2D eigenvalue weighted by Crippen LogP contribution is 2.37. The van der Waals surface area contributed by atoms with E-state index in [1.165, 1.54) is 0 Å². The molecule has 2 saturated heterocycles. The summed E-state index contributed by atoms with van der Waals surface area (Å²) in [5.41, 5.74) is 0.326. The molecule has 31 heavy (non-hydrogen) atoms. The molecule has 9 heteroatoms. The molecule has 0 radical (unpaired) electrons. The van der Waals surface area contributed by atoms with Crippen LogP contribution in [0.15, 0.2) is 17.0 Å². The predicted octanol–water partition coefficient (Wildman–Crippen LogP) is 2.20. The first-order chi connectivity index (χ1) is 14.0. The minimum atomic E-state index is -3.77. The molecule has 2 aliphatic heterocycles. The fraction of sp³-hybridized carbons (Fsp3) is 0.727. The molecule has 174 valence electrons. The molecule has 2 atom stereocenters. The molecular weight excluding hydrogens is 417 g/mol. The van der Waals surface area contributed by atoms with Crippen molar-refractivity contribution in [2.24, 2.45) is 0 Å². The number of nitrogens with one attached hydrogen (secondary N) is 1. The zero-order chi connectivity index (χ0) is 23.4. The molecule has 0 aromatic heterocycles. The molecule has 0 aliphatic carbocycles. The molecule has 0 amide bonds. The van der Waals surface area contributed by atoms with Crippen LogP contribution in [-0.2, 0) is 24.1 Å². The summed E-state index contributed by atoms with van der Waals surface area (Å²) in [6.07, 6.45) is 0.885. The van der Waals surface area contributed by atoms with Gasteiger partial charge in [-0.2, -0.15) is 0 Å². The molecule has 2 heterocycles. The Morgan fingerprint density at radius 2 is 1.65 bits per heavy atom. The summed E-state index contributed by atoms with van der Waals surface area (Å²) in [7, 11) is -4.41. The summed E-state index contributed by atoms with van der Waals surface area (Å²) < 4.78 is 47.3. The first kappa shape index (κ1) is 24.7. The number of aliphatic hydroxyl groups is 1. The summed E-state index contributed by atoms with van der Waals surface area (Å²) in [5.74, 6) is 0. The Labute approximate surface area is 187 Å². The molecule has 3 rings (SSSR count). The van der Waals surface area contributed by atoms with Crippen LogP contribution < -0.4 is 10.2 Å². The third-order valence-corrected chi connectivity index (χ3v) is 8.41. The maximum atomic E-state index is 13.2. The van der Waals surface area contributed by atoms with Crippen molar-refractivity contribution in [2.45, 2.75) is 102 Å². The van der Waals surface area contributed by atoms with E-state index in [9.17, 15) is 13.5 Å². The molecule has 1 unspecified atom stereocenters. The molecule has 7 nitrogen and oxygen atoms in total. The summed E-state index contributed by atoms with van der Waals surface area (Å²) in [5, 5.41) is 10.1. The standard InChI is InChI=1S/C22H36BNO6S/c1-14-11-15(2)18(12-17(14)23-29-21(5,6)22(7,8)30-23)31(26,27)24-16-9-10-19(28-13-16)20(3,4)25/h11-12,16,19,24-25H,9-10,13H2,1-8H3/t16-,19?/m1/s1. The van der Waals surface area contributed by atoms with Crippen LogP contribution in [0.5, 0.6) is 0 Å². The van der Waals surface area contributed by atoms with Gasteiger partial charge in [0.1, 0.15) is 0 Å². The number of rotatable bonds is 5. The molecule has 0 saturated carbocycles. The number of ether oxygens (including phenoxy) is 1. The number of benzene rings is 1. The van der Waals surface area contributed by atoms with E-state index in [1.807, 2.05) is 40.7 Å². The molecular formula is C22H36BNO6S. The first-order valence-corrected chi connectivity index (χ1v) is 12.3. The number of sulfonamides is 1. The number of aryl methyl sites for hydroxylation is 2. The largest absolute Gasteiger partial charge is 0.495 e. The Morgan fingerprint density at radius 3 is 2.13 bits per heavy atom. The van der Waals surface area contributed by atoms with Gasteiger partial charge in [-0.1, -0.05) is 11.6 Å². The van der Waals surface area contributed by atoms with Crippen molar-refractivity contribution < 1.29 is 27.6 Å². The van der Waals surface area contributed by atoms with Crippen LogP contribution in [0, 0.1) is 13.8 Å². The highest BCUT2D eigenvalue weighted by Gasteiger charge is 2.52. The highest BCUT2D eigenvalue weighted by molar-refractivity contribution is 7.89. The number of hydrogen-bond acceptors (Lipinski definition) is 6. The van der Waals surface area contributed by atoms with Crippen LogP contribution in [0.3, 0.4) is 0 Å². The van der Waals surface area contributed by atoms with Crippen LogP contribution in [-0.4, -0.2) is 56.2 Å². The van der Waals surface area contributed by atoms with E-state index in [0.717, 1.165) is 5.56 Å². The van der Waals surface area contributed by atoms with Gasteiger partial charge < -0.3 is 19.2 Å². The van der Waals surface area contributed by atoms with Gasteiger partial charge in [0.25, 0.3) is 0 Å². The maximum absolute atomic E-state index is 13.2. The molecule has 2 aliphatic rings. The quantitative estimate of drug-likeness (QED) is 0.664. The van der Waals surface area contributed by atoms with Gasteiger partial charge in [-0.25, -0.2) is 13.1 Å². The van der Waals surface area contributed by atoms with E-state index < -0.39 is 33.9 Å². The lowest BCUT2D eigenvalue weighted by Gasteiger charge is -2.36. The van der Waals surface area contributed by atoms with Gasteiger partial charge in [0.05, 0.1) is 34.4 Å². The third kappa shape index (κ3) is 5.02. The van der Waals surface area contributed by atoms with Gasteiger partial charge >= 0.3 is 7.12 Å². The molecule has 2 N–H and O–H groups in total. The van der Waals surface area contributed by atoms with Crippen molar-refractivity contribution in [1.82, 2.24) is 4.72 Å². The second kappa shape index (κ2) is 8.11. The van der Waals surface area contributed by atoms with Crippen LogP contribution in [0.1, 0.15) is 65.5 Å². The van der Waals surface area contributed by atoms with Crippen LogP contribution in [0.4, 0.5) is 0 Å². The van der Waals surface area contributed by atoms with Crippen LogP contribution >= 0.6 is 0 Å². The maximum Gasteiger partial charge on any atom is 0.495 e. The van der Waals surface area contributed by atoms with E-state index in [1.54, 1.807) is 26.8 Å². The molecule has 0 bridgehead atoms. The van der Waals surface area contributed by atoms with Crippen molar-refractivity contribution in [3.05, 3.63) is 23.3 Å². The second-order valence-corrected chi connectivity index (χ2v) is 12.1. The van der Waals surface area contributed by atoms with E-state index in [0.29, 0.717) is 23.9 Å². The van der Waals surface area contributed by atoms with Crippen molar-refractivity contribution >= 4 is 22.6 Å². The van der Waals surface area contributed by atoms with E-state index in [4.69, 9.17) is 14.0 Å². The Kier molecular flexibility index (Phi) is 6.46. The van der Waals surface area contributed by atoms with E-state index >= 15 is 0 Å². The molecule has 0 spiro atoms. The summed E-state index contributed by atoms with van der Waals surface area (Å²) >= 11 is 0. The van der Waals surface area contributed by atoms with Gasteiger partial charge in [0, 0.05) is 6.04 Å². The fourth-order valence-electron chi connectivity index (χ4n) is 4.05. The van der Waals surface area contributed by atoms with Gasteiger partial charge in [-0.3, -0.25) is 0 Å². The smallest absolute Gasteiger partial charge is 0.399 e. The summed E-state index contributed by atoms with van der Waals surface area (Å²) in [4.78, 5) is 0.215. The van der Waals surface area contributed by atoms with Gasteiger partial charge in [0.15, 0.2) is 0 Å². The summed E-state index contributed by atoms with van der Waals surface area (Å²) in [6, 6.07) is 3.18. The molecule has 1 aromatic rings. The predicted molar refractivity (Wildman–Crippen MR) is 121 cm³/mol. The third-order valence-electron chi connectivity index (χ3n) is 6.75. The fourth-order valence-corrected chi connectivity index (χ4v) is 5.56. The minimum absolute atomic E-state index is 0.215. The minimum Gasteiger partial charge on any atom is -0.399 e. The van der Waals surface area contributed by atoms with E-state index in [2.05, 4.69) is 4.72 Å². The normalized spacial score (nSPS) is 26.3. The Hall–Kier alpha value is -0.965. The lowest BCUT2D eigenvalue weighted by molar-refractivity contribution is -0.113. The second-order valence-electron chi connectivity index (χ2n) is 10.4. The topological polar surface area (TPSA) is 94.1 Å². The lowest BCUT2D eigenvalue weighted by Crippen LogP contribution is -2.48. The average molecular weight is 453 g/mol. The SMILES string of the molecule is Cc1cc(C)c(S(=O)(=O)N[C@@H]2CCC(C(C)(C)O)OC2)cc1B1OC(C)(C)C(C)(C)O1. The average Bonchev–Trinajstić information content (AvgIpc) is 2.81. The number of hydrogen-bond donors (Lipinski definition) is 2. The van der Waals surface area contributed by atoms with Gasteiger partial charge in [0.2, 0.25) is 10.0 Å². The van der Waals surface area contributed by atoms with E-state index in [-0.39, 0.29) is 23.6 Å². The Bertz CT molecular complexity index is 914. The monoisotopic (exact) mass is 453 g/mol. The van der Waals surface area contributed by atoms with Crippen molar-refractivity contribution in [3.8, 4) is 0 Å². The van der Waals surface area contributed by atoms with Gasteiger partial charge in [-0.15, -0.1) is 0 Å². The first-order valence-electron chi connectivity index (χ1n) is 10.9. The zero-order valence-electron chi connectivity index (χ0n) is 19.9. The Morgan fingerprint density at radius 1 is 1.06 bits per heavy atom. The van der Waals surface area contributed by atoms with Crippen molar-refractivity contribution in [2.75, 3.05) is 6.61 Å². The van der Waals surface area contributed by atoms with Crippen molar-refractivity contribution in [1.29, 1.82) is 0 Å². The highest BCUT2D eigenvalue weighted by atomic mass is 32.2. The van der Waals surface area contributed by atoms with Crippen molar-refractivity contribution in [3.63, 3.8) is 0 Å². The molecule has 1 aromatic carbocycles. The van der Waals surface area contributed by atoms with Crippen LogP contribution in [0.25, 0.3) is 0 Å². The summed E-state index contributed by atoms with van der Waals surface area (Å²) in [6.45, 7) is 15.2.